The van der Waals surface area contributed by atoms with Gasteiger partial charge in [0.2, 0.25) is 5.71 Å². The summed E-state index contributed by atoms with van der Waals surface area (Å²) >= 11 is 0. The van der Waals surface area contributed by atoms with Crippen molar-refractivity contribution >= 4 is 33.0 Å². The molecule has 37 heavy (non-hydrogen) atoms. The second-order valence-corrected chi connectivity index (χ2v) is 11.6. The molecule has 0 aliphatic rings. The van der Waals surface area contributed by atoms with Gasteiger partial charge in [0, 0.05) is 32.6 Å². The predicted octanol–water partition coefficient (Wildman–Crippen LogP) is 7.64. The van der Waals surface area contributed by atoms with E-state index in [0.717, 1.165) is 50.2 Å². The van der Waals surface area contributed by atoms with Crippen LogP contribution in [0.3, 0.4) is 0 Å². The Bertz CT molecular complexity index is 1770. The second kappa shape index (κ2) is 8.17. The molecule has 6 nitrogen and oxygen atoms in total. The zero-order valence-electron chi connectivity index (χ0n) is 22.0. The Hall–Kier alpha value is -4.19. The first-order valence-electron chi connectivity index (χ1n) is 12.5. The van der Waals surface area contributed by atoms with Crippen molar-refractivity contribution in [2.75, 3.05) is 0 Å². The number of benzene rings is 2. The lowest BCUT2D eigenvalue weighted by Crippen LogP contribution is -2.24. The molecular formula is C31H29N5O. The van der Waals surface area contributed by atoms with Crippen LogP contribution in [0.25, 0.3) is 55.7 Å². The SMILES string of the molecule is CC(C)(C)c1nc(-c2ccc3c(n2)oc2cc(-c4ccc5ccccc5n4)ccc23)nc(C(C)(C)C)n1. The topological polar surface area (TPSA) is 77.6 Å². The minimum atomic E-state index is -0.214. The molecule has 184 valence electrons. The summed E-state index contributed by atoms with van der Waals surface area (Å²) in [5.41, 5.74) is 4.45. The van der Waals surface area contributed by atoms with Gasteiger partial charge in [-0.25, -0.2) is 24.9 Å². The van der Waals surface area contributed by atoms with Crippen LogP contribution >= 0.6 is 0 Å². The Kier molecular flexibility index (Phi) is 5.13. The van der Waals surface area contributed by atoms with Crippen LogP contribution < -0.4 is 0 Å². The highest BCUT2D eigenvalue weighted by molar-refractivity contribution is 6.05. The van der Waals surface area contributed by atoms with Crippen LogP contribution in [0, 0.1) is 0 Å². The number of fused-ring (bicyclic) bond motifs is 4. The van der Waals surface area contributed by atoms with Crippen molar-refractivity contribution in [2.45, 2.75) is 52.4 Å². The van der Waals surface area contributed by atoms with Gasteiger partial charge in [0.05, 0.1) is 11.2 Å². The molecule has 0 spiro atoms. The standard InChI is InChI=1S/C31H29N5O/c1-30(2,3)28-34-26(35-29(36-28)31(4,5)6)24-16-14-21-20-13-11-19(17-25(20)37-27(21)33-24)23-15-12-18-9-7-8-10-22(18)32-23/h7-17H,1-6H3. The summed E-state index contributed by atoms with van der Waals surface area (Å²) in [6, 6.07) is 22.5. The lowest BCUT2D eigenvalue weighted by molar-refractivity contribution is 0.497. The molecule has 4 heterocycles. The van der Waals surface area contributed by atoms with Gasteiger partial charge in [-0.05, 0) is 36.4 Å². The van der Waals surface area contributed by atoms with Crippen LogP contribution in [0.1, 0.15) is 53.2 Å². The van der Waals surface area contributed by atoms with Gasteiger partial charge in [-0.1, -0.05) is 71.9 Å². The summed E-state index contributed by atoms with van der Waals surface area (Å²) in [7, 11) is 0. The summed E-state index contributed by atoms with van der Waals surface area (Å²) in [6.07, 6.45) is 0. The number of para-hydroxylation sites is 1. The number of furan rings is 1. The van der Waals surface area contributed by atoms with E-state index in [1.807, 2.05) is 42.5 Å². The fraction of sp³-hybridized carbons (Fsp3) is 0.258. The Morgan fingerprint density at radius 1 is 0.595 bits per heavy atom. The number of aromatic nitrogens is 5. The molecule has 0 fully saturated rings. The van der Waals surface area contributed by atoms with E-state index in [4.69, 9.17) is 29.3 Å². The average Bonchev–Trinajstić information content (AvgIpc) is 3.24. The van der Waals surface area contributed by atoms with Crippen molar-refractivity contribution in [3.05, 3.63) is 78.4 Å². The molecule has 0 radical (unpaired) electrons. The molecule has 6 rings (SSSR count). The molecule has 6 aromatic rings. The predicted molar refractivity (Wildman–Crippen MR) is 148 cm³/mol. The molecule has 0 N–H and O–H groups in total. The monoisotopic (exact) mass is 487 g/mol. The zero-order chi connectivity index (χ0) is 25.9. The summed E-state index contributed by atoms with van der Waals surface area (Å²) in [5, 5.41) is 3.09. The number of hydrogen-bond donors (Lipinski definition) is 0. The van der Waals surface area contributed by atoms with Gasteiger partial charge >= 0.3 is 0 Å². The van der Waals surface area contributed by atoms with Crippen LogP contribution in [-0.2, 0) is 10.8 Å². The van der Waals surface area contributed by atoms with E-state index in [1.54, 1.807) is 0 Å². The van der Waals surface area contributed by atoms with E-state index in [-0.39, 0.29) is 10.8 Å². The first kappa shape index (κ1) is 23.2. The van der Waals surface area contributed by atoms with Crippen molar-refractivity contribution in [1.82, 2.24) is 24.9 Å². The van der Waals surface area contributed by atoms with Gasteiger partial charge in [0.1, 0.15) is 22.9 Å². The van der Waals surface area contributed by atoms with Crippen LogP contribution in [0.15, 0.2) is 71.1 Å². The van der Waals surface area contributed by atoms with Crippen LogP contribution in [0.4, 0.5) is 0 Å². The van der Waals surface area contributed by atoms with E-state index in [1.165, 1.54) is 0 Å². The minimum Gasteiger partial charge on any atom is -0.438 e. The highest BCUT2D eigenvalue weighted by Crippen LogP contribution is 2.33. The van der Waals surface area contributed by atoms with E-state index in [2.05, 4.69) is 65.8 Å². The van der Waals surface area contributed by atoms with Gasteiger partial charge < -0.3 is 4.42 Å². The Morgan fingerprint density at radius 3 is 2.00 bits per heavy atom. The summed E-state index contributed by atoms with van der Waals surface area (Å²) < 4.78 is 6.25. The molecule has 0 atom stereocenters. The smallest absolute Gasteiger partial charge is 0.227 e. The molecule has 0 amide bonds. The lowest BCUT2D eigenvalue weighted by Gasteiger charge is -2.22. The number of rotatable bonds is 2. The molecular weight excluding hydrogens is 458 g/mol. The molecule has 0 saturated heterocycles. The summed E-state index contributed by atoms with van der Waals surface area (Å²) in [4.78, 5) is 24.0. The quantitative estimate of drug-likeness (QED) is 0.250. The lowest BCUT2D eigenvalue weighted by atomic mass is 9.93. The highest BCUT2D eigenvalue weighted by atomic mass is 16.3. The molecule has 0 aliphatic heterocycles. The van der Waals surface area contributed by atoms with Crippen LogP contribution in [-0.4, -0.2) is 24.9 Å². The van der Waals surface area contributed by atoms with Crippen molar-refractivity contribution < 1.29 is 4.42 Å². The molecule has 0 unspecified atom stereocenters. The van der Waals surface area contributed by atoms with E-state index < -0.39 is 0 Å². The summed E-state index contributed by atoms with van der Waals surface area (Å²) in [6.45, 7) is 12.6. The summed E-state index contributed by atoms with van der Waals surface area (Å²) in [5.74, 6) is 2.07. The molecule has 2 aromatic carbocycles. The first-order chi connectivity index (χ1) is 17.6. The Morgan fingerprint density at radius 2 is 1.27 bits per heavy atom. The fourth-order valence-corrected chi connectivity index (χ4v) is 4.33. The van der Waals surface area contributed by atoms with E-state index in [9.17, 15) is 0 Å². The maximum atomic E-state index is 6.25. The second-order valence-electron chi connectivity index (χ2n) is 11.6. The molecule has 6 heteroatoms. The third kappa shape index (κ3) is 4.22. The first-order valence-corrected chi connectivity index (χ1v) is 12.5. The van der Waals surface area contributed by atoms with Gasteiger partial charge in [-0.15, -0.1) is 0 Å². The minimum absolute atomic E-state index is 0.214. The number of pyridine rings is 2. The van der Waals surface area contributed by atoms with Crippen molar-refractivity contribution in [1.29, 1.82) is 0 Å². The van der Waals surface area contributed by atoms with Gasteiger partial charge in [-0.2, -0.15) is 0 Å². The Labute approximate surface area is 215 Å². The average molecular weight is 488 g/mol. The molecule has 0 saturated carbocycles. The van der Waals surface area contributed by atoms with Gasteiger partial charge in [0.15, 0.2) is 5.82 Å². The van der Waals surface area contributed by atoms with Gasteiger partial charge in [-0.3, -0.25) is 0 Å². The third-order valence-corrected chi connectivity index (χ3v) is 6.44. The molecule has 0 aliphatic carbocycles. The van der Waals surface area contributed by atoms with Gasteiger partial charge in [0.25, 0.3) is 0 Å². The number of hydrogen-bond acceptors (Lipinski definition) is 6. The van der Waals surface area contributed by atoms with Crippen molar-refractivity contribution in [3.8, 4) is 22.8 Å². The van der Waals surface area contributed by atoms with Crippen LogP contribution in [0.2, 0.25) is 0 Å². The number of nitrogens with zero attached hydrogens (tertiary/aromatic N) is 5. The van der Waals surface area contributed by atoms with Crippen LogP contribution in [0.5, 0.6) is 0 Å². The normalized spacial score (nSPS) is 12.6. The maximum absolute atomic E-state index is 6.25. The third-order valence-electron chi connectivity index (χ3n) is 6.44. The van der Waals surface area contributed by atoms with E-state index >= 15 is 0 Å². The van der Waals surface area contributed by atoms with Crippen molar-refractivity contribution in [2.24, 2.45) is 0 Å². The highest BCUT2D eigenvalue weighted by Gasteiger charge is 2.26. The van der Waals surface area contributed by atoms with E-state index in [0.29, 0.717) is 17.2 Å². The fourth-order valence-electron chi connectivity index (χ4n) is 4.33. The molecule has 0 bridgehead atoms. The Balaban J connectivity index is 1.45. The van der Waals surface area contributed by atoms with Crippen molar-refractivity contribution in [3.63, 3.8) is 0 Å². The maximum Gasteiger partial charge on any atom is 0.227 e. The largest absolute Gasteiger partial charge is 0.438 e. The zero-order valence-corrected chi connectivity index (χ0v) is 22.0. The molecule has 4 aromatic heterocycles.